The molecule has 0 atom stereocenters. The third-order valence-corrected chi connectivity index (χ3v) is 4.89. The second kappa shape index (κ2) is 7.37. The van der Waals surface area contributed by atoms with E-state index >= 15 is 0 Å². The van der Waals surface area contributed by atoms with Crippen molar-refractivity contribution in [2.45, 2.75) is 44.3 Å². The molecule has 1 heterocycles. The molecule has 0 saturated heterocycles. The number of anilines is 1. The number of pyridine rings is 1. The lowest BCUT2D eigenvalue weighted by Gasteiger charge is -2.39. The molecule has 1 aromatic heterocycles. The molecule has 1 aromatic carbocycles. The van der Waals surface area contributed by atoms with Gasteiger partial charge in [0.05, 0.1) is 15.8 Å². The Hall–Kier alpha value is -2.18. The van der Waals surface area contributed by atoms with Gasteiger partial charge in [-0.1, -0.05) is 12.1 Å². The van der Waals surface area contributed by atoms with Gasteiger partial charge in [0.2, 0.25) is 0 Å². The summed E-state index contributed by atoms with van der Waals surface area (Å²) in [7, 11) is -2.55. The Balaban J connectivity index is 1.77. The highest BCUT2D eigenvalue weighted by Gasteiger charge is 2.37. The van der Waals surface area contributed by atoms with E-state index in [1.54, 1.807) is 24.4 Å². The number of ether oxygens (including phenoxy) is 2. The van der Waals surface area contributed by atoms with E-state index in [-0.39, 0.29) is 11.9 Å². The second-order valence-corrected chi connectivity index (χ2v) is 6.35. The first-order chi connectivity index (χ1) is 13.2. The number of hydrogen-bond acceptors (Lipinski definition) is 5. The zero-order chi connectivity index (χ0) is 20.4. The summed E-state index contributed by atoms with van der Waals surface area (Å²) in [6, 6.07) is 7.61. The third-order valence-electron chi connectivity index (χ3n) is 4.89. The van der Waals surface area contributed by atoms with Crippen LogP contribution in [0.4, 0.5) is 10.2 Å². The highest BCUT2D eigenvalue weighted by atomic mass is 19.1. The predicted molar refractivity (Wildman–Crippen MR) is 94.8 cm³/mol. The molecular formula is C19H24FN3O2. The van der Waals surface area contributed by atoms with E-state index in [9.17, 15) is 4.39 Å². The normalized spacial score (nSPS) is 25.6. The van der Waals surface area contributed by atoms with E-state index in [1.165, 1.54) is 12.1 Å². The molecule has 0 bridgehead atoms. The molecule has 1 aliphatic carbocycles. The number of nitrogen functional groups attached to an aromatic ring is 1. The van der Waals surface area contributed by atoms with Gasteiger partial charge in [-0.15, -0.1) is 0 Å². The molecule has 0 unspecified atom stereocenters. The van der Waals surface area contributed by atoms with Crippen molar-refractivity contribution in [3.05, 3.63) is 53.5 Å². The average molecular weight is 348 g/mol. The third kappa shape index (κ3) is 3.60. The van der Waals surface area contributed by atoms with E-state index in [1.807, 2.05) is 6.92 Å². The standard InChI is InChI=1S/C19H24FN3O2/c1-13-17(9-12-22-18(13)23-21)25-16-7-10-19(24-2,11-8-16)14-3-5-15(20)6-4-14/h3-6,9,12,16H,7-8,10-11,21H2,1-2H3,(H,22,23)/i2D3. The van der Waals surface area contributed by atoms with Crippen LogP contribution in [0.25, 0.3) is 0 Å². The number of rotatable bonds is 5. The number of hydrogen-bond donors (Lipinski definition) is 2. The number of aromatic nitrogens is 1. The van der Waals surface area contributed by atoms with Gasteiger partial charge in [-0.2, -0.15) is 0 Å². The maximum atomic E-state index is 13.3. The number of methoxy groups -OCH3 is 1. The summed E-state index contributed by atoms with van der Waals surface area (Å²) in [5, 5.41) is 0. The Labute approximate surface area is 151 Å². The number of hydrazine groups is 1. The summed E-state index contributed by atoms with van der Waals surface area (Å²) in [5.41, 5.74) is 3.01. The molecule has 134 valence electrons. The minimum absolute atomic E-state index is 0.0968. The summed E-state index contributed by atoms with van der Waals surface area (Å²) < 4.78 is 47.7. The minimum atomic E-state index is -2.55. The second-order valence-electron chi connectivity index (χ2n) is 6.35. The fourth-order valence-corrected chi connectivity index (χ4v) is 3.35. The maximum absolute atomic E-state index is 13.3. The molecule has 3 rings (SSSR count). The highest BCUT2D eigenvalue weighted by Crippen LogP contribution is 2.41. The van der Waals surface area contributed by atoms with Crippen LogP contribution < -0.4 is 16.0 Å². The summed E-state index contributed by atoms with van der Waals surface area (Å²) in [6.07, 6.45) is 3.62. The monoisotopic (exact) mass is 348 g/mol. The molecule has 6 heteroatoms. The number of halogens is 1. The first-order valence-electron chi connectivity index (χ1n) is 9.77. The summed E-state index contributed by atoms with van der Waals surface area (Å²) in [4.78, 5) is 4.13. The van der Waals surface area contributed by atoms with E-state index in [0.717, 1.165) is 5.56 Å². The fourth-order valence-electron chi connectivity index (χ4n) is 3.35. The number of nitrogens with zero attached hydrogens (tertiary/aromatic N) is 1. The lowest BCUT2D eigenvalue weighted by Crippen LogP contribution is -2.37. The zero-order valence-electron chi connectivity index (χ0n) is 17.1. The Bertz CT molecular complexity index is 807. The van der Waals surface area contributed by atoms with E-state index in [2.05, 4.69) is 10.4 Å². The molecule has 3 N–H and O–H groups in total. The molecule has 1 saturated carbocycles. The van der Waals surface area contributed by atoms with Crippen molar-refractivity contribution in [1.29, 1.82) is 0 Å². The summed E-state index contributed by atoms with van der Waals surface area (Å²) >= 11 is 0. The zero-order valence-corrected chi connectivity index (χ0v) is 14.1. The van der Waals surface area contributed by atoms with Gasteiger partial charge in [-0.05, 0) is 56.4 Å². The predicted octanol–water partition coefficient (Wildman–Crippen LogP) is 3.68. The van der Waals surface area contributed by atoms with Crippen molar-refractivity contribution in [2.75, 3.05) is 12.5 Å². The lowest BCUT2D eigenvalue weighted by atomic mass is 9.78. The van der Waals surface area contributed by atoms with Crippen LogP contribution >= 0.6 is 0 Å². The van der Waals surface area contributed by atoms with Crippen LogP contribution in [0.15, 0.2) is 36.5 Å². The van der Waals surface area contributed by atoms with Gasteiger partial charge in [0.25, 0.3) is 0 Å². The van der Waals surface area contributed by atoms with Crippen LogP contribution in [-0.4, -0.2) is 18.1 Å². The number of benzene rings is 1. The number of nitrogens with one attached hydrogen (secondary N) is 1. The molecule has 0 spiro atoms. The van der Waals surface area contributed by atoms with Crippen LogP contribution in [0.1, 0.15) is 40.9 Å². The topological polar surface area (TPSA) is 69.4 Å². The quantitative estimate of drug-likeness (QED) is 0.637. The van der Waals surface area contributed by atoms with Crippen molar-refractivity contribution >= 4 is 5.82 Å². The van der Waals surface area contributed by atoms with Crippen molar-refractivity contribution in [3.63, 3.8) is 0 Å². The van der Waals surface area contributed by atoms with Crippen molar-refractivity contribution in [1.82, 2.24) is 4.98 Å². The van der Waals surface area contributed by atoms with Crippen molar-refractivity contribution in [2.24, 2.45) is 5.84 Å². The van der Waals surface area contributed by atoms with Gasteiger partial charge in [0.15, 0.2) is 0 Å². The lowest BCUT2D eigenvalue weighted by molar-refractivity contribution is -0.0650. The first-order valence-corrected chi connectivity index (χ1v) is 8.27. The number of nitrogens with two attached hydrogens (primary N) is 1. The molecular weight excluding hydrogens is 321 g/mol. The molecule has 0 aliphatic heterocycles. The van der Waals surface area contributed by atoms with Gasteiger partial charge < -0.3 is 14.9 Å². The Morgan fingerprint density at radius 3 is 2.64 bits per heavy atom. The van der Waals surface area contributed by atoms with Gasteiger partial charge in [0, 0.05) is 18.8 Å². The molecule has 0 radical (unpaired) electrons. The van der Waals surface area contributed by atoms with E-state index < -0.39 is 12.6 Å². The van der Waals surface area contributed by atoms with Crippen molar-refractivity contribution in [3.8, 4) is 5.75 Å². The minimum Gasteiger partial charge on any atom is -0.490 e. The summed E-state index contributed by atoms with van der Waals surface area (Å²) in [6.45, 7) is 1.86. The van der Waals surface area contributed by atoms with Gasteiger partial charge in [-0.25, -0.2) is 15.2 Å². The van der Waals surface area contributed by atoms with Crippen LogP contribution in [0.3, 0.4) is 0 Å². The molecule has 2 aromatic rings. The van der Waals surface area contributed by atoms with Crippen molar-refractivity contribution < 1.29 is 18.0 Å². The van der Waals surface area contributed by atoms with Crippen LogP contribution in [-0.2, 0) is 10.3 Å². The first kappa shape index (κ1) is 14.0. The molecule has 5 nitrogen and oxygen atoms in total. The highest BCUT2D eigenvalue weighted by molar-refractivity contribution is 5.49. The smallest absolute Gasteiger partial charge is 0.146 e. The Kier molecular flexibility index (Phi) is 4.14. The maximum Gasteiger partial charge on any atom is 0.146 e. The molecule has 25 heavy (non-hydrogen) atoms. The van der Waals surface area contributed by atoms with Gasteiger partial charge >= 0.3 is 0 Å². The Morgan fingerprint density at radius 1 is 1.28 bits per heavy atom. The van der Waals surface area contributed by atoms with Gasteiger partial charge in [-0.3, -0.25) is 0 Å². The summed E-state index contributed by atoms with van der Waals surface area (Å²) in [5.74, 6) is 6.31. The SMILES string of the molecule is [2H]C([2H])([2H])OC1(c2ccc(F)cc2)CCC(Oc2ccnc(NN)c2C)CC1. The van der Waals surface area contributed by atoms with Crippen LogP contribution in [0, 0.1) is 12.7 Å². The molecule has 0 amide bonds. The molecule has 1 aliphatic rings. The largest absolute Gasteiger partial charge is 0.490 e. The Morgan fingerprint density at radius 2 is 2.00 bits per heavy atom. The van der Waals surface area contributed by atoms with E-state index in [4.69, 9.17) is 19.4 Å². The molecule has 1 fully saturated rings. The fraction of sp³-hybridized carbons (Fsp3) is 0.421. The van der Waals surface area contributed by atoms with Gasteiger partial charge in [0.1, 0.15) is 17.4 Å². The average Bonchev–Trinajstić information content (AvgIpc) is 2.64. The van der Waals surface area contributed by atoms with Crippen LogP contribution in [0.2, 0.25) is 0 Å². The van der Waals surface area contributed by atoms with E-state index in [0.29, 0.717) is 42.8 Å². The van der Waals surface area contributed by atoms with Crippen LogP contribution in [0.5, 0.6) is 5.75 Å².